The topological polar surface area (TPSA) is 156 Å². The van der Waals surface area contributed by atoms with Crippen LogP contribution < -0.4 is 0 Å². The molecule has 2 aromatic rings. The summed E-state index contributed by atoms with van der Waals surface area (Å²) in [7, 11) is -4.76. The summed E-state index contributed by atoms with van der Waals surface area (Å²) < 4.78 is 32.7. The Morgan fingerprint density at radius 1 is 0.875 bits per heavy atom. The van der Waals surface area contributed by atoms with E-state index in [1.807, 2.05) is 0 Å². The predicted molar refractivity (Wildman–Crippen MR) is 83.5 cm³/mol. The van der Waals surface area contributed by atoms with E-state index in [1.54, 1.807) is 0 Å². The largest absolute Gasteiger partial charge is 0.508 e. The molecular weight excluding hydrogens is 340 g/mol. The molecule has 0 radical (unpaired) electrons. The Morgan fingerprint density at radius 3 is 2.08 bits per heavy atom. The highest BCUT2D eigenvalue weighted by Gasteiger charge is 2.33. The molecule has 0 bridgehead atoms. The molecule has 0 heterocycles. The van der Waals surface area contributed by atoms with E-state index in [1.165, 1.54) is 12.1 Å². The molecule has 24 heavy (non-hydrogen) atoms. The standard InChI is InChI=1S/C15H16O8S/c16-10-3-1-8(12(18)7-10)5-14(20)15(24(21,22)23)9-2-4-11(17)13(19)6-9/h1-4,6-7,14-20H,5H2,(H,21,22,23). The summed E-state index contributed by atoms with van der Waals surface area (Å²) in [5.41, 5.74) is 0.00974. The van der Waals surface area contributed by atoms with Crippen molar-refractivity contribution in [1.82, 2.24) is 0 Å². The molecule has 0 saturated carbocycles. The highest BCUT2D eigenvalue weighted by molar-refractivity contribution is 7.86. The van der Waals surface area contributed by atoms with Crippen LogP contribution in [0.25, 0.3) is 0 Å². The summed E-state index contributed by atoms with van der Waals surface area (Å²) in [4.78, 5) is 0. The van der Waals surface area contributed by atoms with Crippen LogP contribution in [0.2, 0.25) is 0 Å². The smallest absolute Gasteiger partial charge is 0.274 e. The quantitative estimate of drug-likeness (QED) is 0.343. The van der Waals surface area contributed by atoms with Gasteiger partial charge in [0.25, 0.3) is 10.1 Å². The lowest BCUT2D eigenvalue weighted by Crippen LogP contribution is -2.28. The molecular formula is C15H16O8S. The third-order valence-corrected chi connectivity index (χ3v) is 4.72. The second-order valence-electron chi connectivity index (χ2n) is 5.27. The molecule has 8 nitrogen and oxygen atoms in total. The van der Waals surface area contributed by atoms with E-state index in [9.17, 15) is 38.5 Å². The summed E-state index contributed by atoms with van der Waals surface area (Å²) >= 11 is 0. The lowest BCUT2D eigenvalue weighted by molar-refractivity contribution is 0.164. The van der Waals surface area contributed by atoms with Gasteiger partial charge in [0.15, 0.2) is 11.5 Å². The van der Waals surface area contributed by atoms with Gasteiger partial charge in [-0.1, -0.05) is 12.1 Å². The zero-order valence-electron chi connectivity index (χ0n) is 12.2. The number of aliphatic hydroxyl groups is 1. The molecule has 0 fully saturated rings. The van der Waals surface area contributed by atoms with E-state index >= 15 is 0 Å². The van der Waals surface area contributed by atoms with Gasteiger partial charge in [-0.2, -0.15) is 8.42 Å². The van der Waals surface area contributed by atoms with Crippen molar-refractivity contribution in [3.8, 4) is 23.0 Å². The van der Waals surface area contributed by atoms with E-state index in [2.05, 4.69) is 0 Å². The minimum absolute atomic E-state index is 0.140. The Labute approximate surface area is 137 Å². The molecule has 0 amide bonds. The number of phenolic OH excluding ortho intramolecular Hbond substituents is 4. The van der Waals surface area contributed by atoms with Crippen LogP contribution in [0.15, 0.2) is 36.4 Å². The van der Waals surface area contributed by atoms with Crippen LogP contribution in [0.1, 0.15) is 16.4 Å². The maximum atomic E-state index is 11.6. The molecule has 0 spiro atoms. The Balaban J connectivity index is 2.39. The first-order valence-corrected chi connectivity index (χ1v) is 8.27. The first kappa shape index (κ1) is 17.9. The molecule has 0 aromatic heterocycles. The van der Waals surface area contributed by atoms with Crippen LogP contribution in [0, 0.1) is 0 Å². The molecule has 2 unspecified atom stereocenters. The Kier molecular flexibility index (Phi) is 4.88. The third kappa shape index (κ3) is 3.88. The van der Waals surface area contributed by atoms with Crippen molar-refractivity contribution in [1.29, 1.82) is 0 Å². The van der Waals surface area contributed by atoms with Gasteiger partial charge in [0.1, 0.15) is 16.7 Å². The summed E-state index contributed by atoms with van der Waals surface area (Å²) in [6.07, 6.45) is -2.02. The maximum absolute atomic E-state index is 11.6. The van der Waals surface area contributed by atoms with Gasteiger partial charge in [0.05, 0.1) is 6.10 Å². The lowest BCUT2D eigenvalue weighted by atomic mass is 9.99. The molecule has 6 N–H and O–H groups in total. The molecule has 2 aromatic carbocycles. The lowest BCUT2D eigenvalue weighted by Gasteiger charge is -2.21. The minimum Gasteiger partial charge on any atom is -0.508 e. The highest BCUT2D eigenvalue weighted by Crippen LogP contribution is 2.34. The van der Waals surface area contributed by atoms with E-state index in [0.29, 0.717) is 0 Å². The van der Waals surface area contributed by atoms with Crippen LogP contribution in [0.4, 0.5) is 0 Å². The third-order valence-electron chi connectivity index (χ3n) is 3.50. The molecule has 0 aliphatic rings. The molecule has 9 heteroatoms. The van der Waals surface area contributed by atoms with E-state index < -0.39 is 33.0 Å². The van der Waals surface area contributed by atoms with Crippen LogP contribution in [-0.2, 0) is 16.5 Å². The predicted octanol–water partition coefficient (Wildman–Crippen LogP) is 1.04. The number of phenols is 4. The van der Waals surface area contributed by atoms with E-state index in [-0.39, 0.29) is 29.0 Å². The van der Waals surface area contributed by atoms with Crippen molar-refractivity contribution in [3.05, 3.63) is 47.5 Å². The van der Waals surface area contributed by atoms with Gasteiger partial charge in [0, 0.05) is 12.5 Å². The molecule has 0 aliphatic carbocycles. The molecule has 130 valence electrons. The SMILES string of the molecule is O=S(=O)(O)C(c1ccc(O)c(O)c1)C(O)Cc1ccc(O)cc1O. The summed E-state index contributed by atoms with van der Waals surface area (Å²) in [6, 6.07) is 6.63. The Hall–Kier alpha value is -2.49. The van der Waals surface area contributed by atoms with Gasteiger partial charge < -0.3 is 25.5 Å². The van der Waals surface area contributed by atoms with Crippen LogP contribution in [-0.4, -0.2) is 44.6 Å². The highest BCUT2D eigenvalue weighted by atomic mass is 32.2. The summed E-state index contributed by atoms with van der Waals surface area (Å²) in [5.74, 6) is -1.66. The van der Waals surface area contributed by atoms with Gasteiger partial charge in [-0.3, -0.25) is 4.55 Å². The number of hydrogen-bond donors (Lipinski definition) is 6. The number of benzene rings is 2. The van der Waals surface area contributed by atoms with Crippen molar-refractivity contribution in [2.24, 2.45) is 0 Å². The summed E-state index contributed by atoms with van der Waals surface area (Å²) in [5, 5.41) is 46.2. The minimum atomic E-state index is -4.76. The molecule has 0 aliphatic heterocycles. The van der Waals surface area contributed by atoms with Gasteiger partial charge in [-0.15, -0.1) is 0 Å². The second kappa shape index (κ2) is 6.56. The number of hydrogen-bond acceptors (Lipinski definition) is 7. The second-order valence-corrected chi connectivity index (χ2v) is 6.81. The normalized spacial score (nSPS) is 14.2. The molecule has 2 rings (SSSR count). The van der Waals surface area contributed by atoms with Gasteiger partial charge >= 0.3 is 0 Å². The fourth-order valence-corrected chi connectivity index (χ4v) is 3.35. The average molecular weight is 356 g/mol. The zero-order valence-corrected chi connectivity index (χ0v) is 13.1. The number of aliphatic hydroxyl groups excluding tert-OH is 1. The molecule has 0 saturated heterocycles. The number of rotatable bonds is 5. The van der Waals surface area contributed by atoms with Gasteiger partial charge in [0.2, 0.25) is 0 Å². The van der Waals surface area contributed by atoms with Crippen molar-refractivity contribution in [2.45, 2.75) is 17.8 Å². The monoisotopic (exact) mass is 356 g/mol. The summed E-state index contributed by atoms with van der Waals surface area (Å²) in [6.45, 7) is 0. The fraction of sp³-hybridized carbons (Fsp3) is 0.200. The van der Waals surface area contributed by atoms with Gasteiger partial charge in [-0.05, 0) is 29.3 Å². The van der Waals surface area contributed by atoms with Crippen molar-refractivity contribution < 1.29 is 38.5 Å². The van der Waals surface area contributed by atoms with Crippen molar-refractivity contribution in [2.75, 3.05) is 0 Å². The van der Waals surface area contributed by atoms with Crippen LogP contribution in [0.5, 0.6) is 23.0 Å². The Morgan fingerprint density at radius 2 is 1.54 bits per heavy atom. The Bertz CT molecular complexity index is 847. The first-order valence-electron chi connectivity index (χ1n) is 6.76. The van der Waals surface area contributed by atoms with E-state index in [0.717, 1.165) is 24.3 Å². The maximum Gasteiger partial charge on any atom is 0.274 e. The van der Waals surface area contributed by atoms with Crippen molar-refractivity contribution in [3.63, 3.8) is 0 Å². The number of aromatic hydroxyl groups is 4. The van der Waals surface area contributed by atoms with E-state index in [4.69, 9.17) is 0 Å². The van der Waals surface area contributed by atoms with Crippen LogP contribution >= 0.6 is 0 Å². The average Bonchev–Trinajstić information content (AvgIpc) is 2.44. The fourth-order valence-electron chi connectivity index (χ4n) is 2.37. The van der Waals surface area contributed by atoms with Gasteiger partial charge in [-0.25, -0.2) is 0 Å². The zero-order chi connectivity index (χ0) is 18.1. The van der Waals surface area contributed by atoms with Crippen molar-refractivity contribution >= 4 is 10.1 Å². The first-order chi connectivity index (χ1) is 11.1. The van der Waals surface area contributed by atoms with Crippen LogP contribution in [0.3, 0.4) is 0 Å². The molecule has 2 atom stereocenters.